The Kier molecular flexibility index (Phi) is 5.46. The number of halogens is 3. The summed E-state index contributed by atoms with van der Waals surface area (Å²) >= 11 is 0. The van der Waals surface area contributed by atoms with Crippen LogP contribution >= 0.6 is 0 Å². The molecule has 0 saturated heterocycles. The number of benzene rings is 1. The van der Waals surface area contributed by atoms with Gasteiger partial charge in [-0.1, -0.05) is 12.1 Å². The first-order valence-corrected chi connectivity index (χ1v) is 11.4. The summed E-state index contributed by atoms with van der Waals surface area (Å²) in [5, 5.41) is 10.6. The van der Waals surface area contributed by atoms with E-state index in [2.05, 4.69) is 16.0 Å². The maximum atomic E-state index is 12.8. The first-order chi connectivity index (χ1) is 15.0. The highest BCUT2D eigenvalue weighted by Gasteiger charge is 2.39. The summed E-state index contributed by atoms with van der Waals surface area (Å²) in [7, 11) is -4.47. The molecule has 7 nitrogen and oxygen atoms in total. The van der Waals surface area contributed by atoms with E-state index in [1.54, 1.807) is 4.72 Å². The fraction of sp³-hybridized carbons (Fsp3) is 0.381. The summed E-state index contributed by atoms with van der Waals surface area (Å²) in [6.07, 6.45) is -0.655. The van der Waals surface area contributed by atoms with E-state index in [0.29, 0.717) is 30.6 Å². The lowest BCUT2D eigenvalue weighted by atomic mass is 10.1. The monoisotopic (exact) mass is 463 g/mol. The Morgan fingerprint density at radius 3 is 2.50 bits per heavy atom. The van der Waals surface area contributed by atoms with E-state index in [4.69, 9.17) is 0 Å². The molecule has 0 spiro atoms. The highest BCUT2D eigenvalue weighted by Crippen LogP contribution is 2.38. The third-order valence-corrected chi connectivity index (χ3v) is 6.94. The second-order valence-electron chi connectivity index (χ2n) is 8.04. The van der Waals surface area contributed by atoms with Gasteiger partial charge < -0.3 is 4.57 Å². The molecule has 1 N–H and O–H groups in total. The summed E-state index contributed by atoms with van der Waals surface area (Å²) in [5.41, 5.74) is 2.74. The van der Waals surface area contributed by atoms with E-state index in [1.807, 2.05) is 29.7 Å². The quantitative estimate of drug-likeness (QED) is 0.597. The lowest BCUT2D eigenvalue weighted by Crippen LogP contribution is -2.43. The number of nitriles is 1. The average molecular weight is 463 g/mol. The van der Waals surface area contributed by atoms with Gasteiger partial charge in [0.25, 0.3) is 0 Å². The first kappa shape index (κ1) is 22.2. The number of alkyl halides is 3. The van der Waals surface area contributed by atoms with Crippen molar-refractivity contribution in [2.24, 2.45) is 5.92 Å². The topological polar surface area (TPSA) is 101 Å². The number of sulfonamides is 1. The van der Waals surface area contributed by atoms with Gasteiger partial charge in [0.1, 0.15) is 22.7 Å². The number of rotatable bonds is 6. The van der Waals surface area contributed by atoms with Crippen molar-refractivity contribution in [1.82, 2.24) is 19.3 Å². The number of nitrogens with zero attached hydrogens (tertiary/aromatic N) is 4. The van der Waals surface area contributed by atoms with Crippen molar-refractivity contribution in [3.63, 3.8) is 0 Å². The largest absolute Gasteiger partial charge is 0.404 e. The van der Waals surface area contributed by atoms with Crippen LogP contribution in [0.25, 0.3) is 22.4 Å². The van der Waals surface area contributed by atoms with Crippen molar-refractivity contribution < 1.29 is 21.6 Å². The van der Waals surface area contributed by atoms with Crippen molar-refractivity contribution in [3.05, 3.63) is 41.7 Å². The predicted molar refractivity (Wildman–Crippen MR) is 111 cm³/mol. The maximum Gasteiger partial charge on any atom is 0.404 e. The SMILES string of the molecule is Cc1ccc2c(C#N)c(-c3ncc(S(=O)(=O)N[C@@H](C)C(F)(F)F)cn3)n(CC3CC3)c2c1. The zero-order chi connectivity index (χ0) is 23.3. The van der Waals surface area contributed by atoms with Gasteiger partial charge in [0.2, 0.25) is 10.0 Å². The number of fused-ring (bicyclic) bond motifs is 1. The van der Waals surface area contributed by atoms with Crippen LogP contribution in [0.4, 0.5) is 13.2 Å². The summed E-state index contributed by atoms with van der Waals surface area (Å²) in [6, 6.07) is 5.67. The number of aryl methyl sites for hydroxylation is 1. The predicted octanol–water partition coefficient (Wildman–Crippen LogP) is 3.92. The Hall–Kier alpha value is -2.97. The molecule has 1 aliphatic rings. The summed E-state index contributed by atoms with van der Waals surface area (Å²) in [5.74, 6) is 0.614. The van der Waals surface area contributed by atoms with Gasteiger partial charge in [0.15, 0.2) is 5.82 Å². The first-order valence-electron chi connectivity index (χ1n) is 9.95. The third-order valence-electron chi connectivity index (χ3n) is 5.44. The molecule has 0 aliphatic heterocycles. The van der Waals surface area contributed by atoms with Gasteiger partial charge in [-0.3, -0.25) is 0 Å². The molecule has 32 heavy (non-hydrogen) atoms. The summed E-state index contributed by atoms with van der Waals surface area (Å²) < 4.78 is 66.4. The smallest absolute Gasteiger partial charge is 0.336 e. The number of aromatic nitrogens is 3. The molecule has 2 heterocycles. The highest BCUT2D eigenvalue weighted by atomic mass is 32.2. The van der Waals surface area contributed by atoms with Crippen molar-refractivity contribution in [3.8, 4) is 17.6 Å². The Labute approximate surface area is 183 Å². The average Bonchev–Trinajstić information content (AvgIpc) is 3.49. The van der Waals surface area contributed by atoms with Crippen LogP contribution in [0.5, 0.6) is 0 Å². The summed E-state index contributed by atoms with van der Waals surface area (Å²) in [6.45, 7) is 3.33. The molecule has 4 rings (SSSR count). The van der Waals surface area contributed by atoms with Gasteiger partial charge in [-0.25, -0.2) is 18.4 Å². The number of hydrogen-bond acceptors (Lipinski definition) is 5. The fourth-order valence-electron chi connectivity index (χ4n) is 3.50. The van der Waals surface area contributed by atoms with Gasteiger partial charge in [0, 0.05) is 11.9 Å². The normalized spacial score (nSPS) is 15.6. The van der Waals surface area contributed by atoms with E-state index in [0.717, 1.165) is 41.7 Å². The molecule has 1 aromatic carbocycles. The third kappa shape index (κ3) is 4.20. The Morgan fingerprint density at radius 1 is 1.28 bits per heavy atom. The zero-order valence-electron chi connectivity index (χ0n) is 17.3. The minimum Gasteiger partial charge on any atom is -0.336 e. The van der Waals surface area contributed by atoms with Crippen LogP contribution in [-0.4, -0.2) is 35.2 Å². The van der Waals surface area contributed by atoms with Crippen molar-refractivity contribution in [2.45, 2.75) is 50.3 Å². The standard InChI is InChI=1S/C21H20F3N5O2S/c1-12-3-6-16-17(8-25)19(29(18(16)7-12)11-14-4-5-14)20-26-9-15(10-27-20)32(30,31)28-13(2)21(22,23)24/h3,6-7,9-10,13-14,28H,4-5,11H2,1-2H3/t13-/m0/s1. The second kappa shape index (κ2) is 7.86. The van der Waals surface area contributed by atoms with Crippen molar-refractivity contribution in [1.29, 1.82) is 5.26 Å². The minimum absolute atomic E-state index is 0.138. The molecule has 0 radical (unpaired) electrons. The van der Waals surface area contributed by atoms with Crippen LogP contribution in [0.15, 0.2) is 35.5 Å². The molecular formula is C21H20F3N5O2S. The Morgan fingerprint density at radius 2 is 1.94 bits per heavy atom. The zero-order valence-corrected chi connectivity index (χ0v) is 18.1. The molecule has 11 heteroatoms. The van der Waals surface area contributed by atoms with Crippen LogP contribution in [0, 0.1) is 24.2 Å². The Bertz CT molecular complexity index is 1320. The van der Waals surface area contributed by atoms with Gasteiger partial charge in [0.05, 0.1) is 23.5 Å². The lowest BCUT2D eigenvalue weighted by molar-refractivity contribution is -0.147. The molecule has 1 aliphatic carbocycles. The second-order valence-corrected chi connectivity index (χ2v) is 9.75. The maximum absolute atomic E-state index is 12.8. The van der Waals surface area contributed by atoms with Gasteiger partial charge in [-0.05, 0) is 44.2 Å². The van der Waals surface area contributed by atoms with Crippen LogP contribution in [0.3, 0.4) is 0 Å². The molecule has 168 valence electrons. The van der Waals surface area contributed by atoms with Crippen LogP contribution in [0.2, 0.25) is 0 Å². The van der Waals surface area contributed by atoms with Gasteiger partial charge in [-0.2, -0.15) is 23.2 Å². The molecule has 3 aromatic rings. The lowest BCUT2D eigenvalue weighted by Gasteiger charge is -2.17. The van der Waals surface area contributed by atoms with Gasteiger partial charge in [-0.15, -0.1) is 0 Å². The van der Waals surface area contributed by atoms with Crippen LogP contribution < -0.4 is 4.72 Å². The van der Waals surface area contributed by atoms with E-state index < -0.39 is 27.1 Å². The van der Waals surface area contributed by atoms with Gasteiger partial charge >= 0.3 is 6.18 Å². The van der Waals surface area contributed by atoms with E-state index in [-0.39, 0.29) is 5.82 Å². The molecule has 1 fully saturated rings. The molecule has 0 amide bonds. The van der Waals surface area contributed by atoms with Crippen LogP contribution in [0.1, 0.15) is 30.9 Å². The molecule has 1 atom stereocenters. The molecule has 2 aromatic heterocycles. The highest BCUT2D eigenvalue weighted by molar-refractivity contribution is 7.89. The van der Waals surface area contributed by atoms with Crippen molar-refractivity contribution >= 4 is 20.9 Å². The fourth-order valence-corrected chi connectivity index (χ4v) is 4.62. The van der Waals surface area contributed by atoms with E-state index >= 15 is 0 Å². The minimum atomic E-state index is -4.72. The van der Waals surface area contributed by atoms with Crippen molar-refractivity contribution in [2.75, 3.05) is 0 Å². The number of hydrogen-bond donors (Lipinski definition) is 1. The Balaban J connectivity index is 1.78. The molecular weight excluding hydrogens is 443 g/mol. The van der Waals surface area contributed by atoms with E-state index in [1.165, 1.54) is 0 Å². The summed E-state index contributed by atoms with van der Waals surface area (Å²) in [4.78, 5) is 7.74. The van der Waals surface area contributed by atoms with Crippen LogP contribution in [-0.2, 0) is 16.6 Å². The molecule has 0 unspecified atom stereocenters. The number of nitrogens with one attached hydrogen (secondary N) is 1. The van der Waals surface area contributed by atoms with E-state index in [9.17, 15) is 26.9 Å². The molecule has 1 saturated carbocycles. The molecule has 0 bridgehead atoms.